The van der Waals surface area contributed by atoms with E-state index >= 15 is 0 Å². The number of aryl methyl sites for hydroxylation is 2. The van der Waals surface area contributed by atoms with Crippen LogP contribution in [0.2, 0.25) is 0 Å². The molecular formula is C17H18FN3O4. The molecular weight excluding hydrogens is 329 g/mol. The lowest BCUT2D eigenvalue weighted by molar-refractivity contribution is -0.148. The van der Waals surface area contributed by atoms with Crippen molar-refractivity contribution >= 4 is 11.9 Å². The number of amides is 1. The minimum absolute atomic E-state index is 0.0909. The molecule has 2 heterocycles. The number of hydrogen-bond acceptors (Lipinski definition) is 5. The maximum atomic E-state index is 13.6. The van der Waals surface area contributed by atoms with Crippen molar-refractivity contribution in [2.45, 2.75) is 38.6 Å². The first-order chi connectivity index (χ1) is 12.0. The first kappa shape index (κ1) is 17.1. The Hall–Kier alpha value is -2.77. The molecule has 0 radical (unpaired) electrons. The van der Waals surface area contributed by atoms with Gasteiger partial charge >= 0.3 is 5.97 Å². The van der Waals surface area contributed by atoms with Crippen LogP contribution in [0.1, 0.15) is 30.7 Å². The molecule has 1 atom stereocenters. The van der Waals surface area contributed by atoms with Crippen molar-refractivity contribution in [2.24, 2.45) is 0 Å². The van der Waals surface area contributed by atoms with Gasteiger partial charge in [0.15, 0.2) is 0 Å². The van der Waals surface area contributed by atoms with Gasteiger partial charge in [0.05, 0.1) is 0 Å². The molecule has 1 N–H and O–H groups in total. The number of likely N-dealkylation sites (tertiary alicyclic amines) is 1. The highest BCUT2D eigenvalue weighted by Gasteiger charge is 2.33. The van der Waals surface area contributed by atoms with Gasteiger partial charge in [0, 0.05) is 24.9 Å². The smallest absolute Gasteiger partial charge is 0.326 e. The molecule has 1 aromatic heterocycles. The fourth-order valence-electron chi connectivity index (χ4n) is 2.89. The summed E-state index contributed by atoms with van der Waals surface area (Å²) in [5.41, 5.74) is 1.02. The van der Waals surface area contributed by atoms with Crippen molar-refractivity contribution in [3.05, 3.63) is 35.5 Å². The molecule has 25 heavy (non-hydrogen) atoms. The minimum Gasteiger partial charge on any atom is -0.480 e. The maximum absolute atomic E-state index is 13.6. The number of carboxylic acids is 1. The largest absolute Gasteiger partial charge is 0.480 e. The van der Waals surface area contributed by atoms with Gasteiger partial charge in [0.2, 0.25) is 17.6 Å². The lowest BCUT2D eigenvalue weighted by atomic mass is 10.1. The molecule has 1 aromatic carbocycles. The molecule has 8 heteroatoms. The van der Waals surface area contributed by atoms with Gasteiger partial charge in [-0.3, -0.25) is 4.79 Å². The van der Waals surface area contributed by atoms with E-state index in [-0.39, 0.29) is 36.3 Å². The number of carboxylic acid groups (broad SMARTS) is 1. The summed E-state index contributed by atoms with van der Waals surface area (Å²) in [5, 5.41) is 12.9. The lowest BCUT2D eigenvalue weighted by Crippen LogP contribution is -2.40. The van der Waals surface area contributed by atoms with Crippen LogP contribution < -0.4 is 0 Å². The summed E-state index contributed by atoms with van der Waals surface area (Å²) in [7, 11) is 0. The lowest BCUT2D eigenvalue weighted by Gasteiger charge is -2.20. The van der Waals surface area contributed by atoms with E-state index in [1.807, 2.05) is 0 Å². The zero-order valence-electron chi connectivity index (χ0n) is 13.7. The molecule has 2 aromatic rings. The first-order valence-electron chi connectivity index (χ1n) is 8.07. The van der Waals surface area contributed by atoms with Crippen LogP contribution in [0.4, 0.5) is 4.39 Å². The molecule has 0 bridgehead atoms. The summed E-state index contributed by atoms with van der Waals surface area (Å²) in [6, 6.07) is 3.90. The topological polar surface area (TPSA) is 96.5 Å². The van der Waals surface area contributed by atoms with E-state index in [1.165, 1.54) is 11.0 Å². The van der Waals surface area contributed by atoms with Gasteiger partial charge in [-0.2, -0.15) is 4.98 Å². The maximum Gasteiger partial charge on any atom is 0.326 e. The summed E-state index contributed by atoms with van der Waals surface area (Å²) >= 11 is 0. The average Bonchev–Trinajstić information content (AvgIpc) is 3.24. The second kappa shape index (κ2) is 7.00. The fraction of sp³-hybridized carbons (Fsp3) is 0.412. The Balaban J connectivity index is 1.63. The number of benzene rings is 1. The van der Waals surface area contributed by atoms with E-state index in [0.29, 0.717) is 30.5 Å². The predicted octanol–water partition coefficient (Wildman–Crippen LogP) is 2.19. The Kier molecular flexibility index (Phi) is 4.78. The summed E-state index contributed by atoms with van der Waals surface area (Å²) in [5.74, 6) is -1.06. The van der Waals surface area contributed by atoms with E-state index in [0.717, 1.165) is 0 Å². The fourth-order valence-corrected chi connectivity index (χ4v) is 2.89. The molecule has 0 aliphatic carbocycles. The Labute approximate surface area is 143 Å². The molecule has 132 valence electrons. The molecule has 0 saturated carbocycles. The number of nitrogens with zero attached hydrogens (tertiary/aromatic N) is 3. The Morgan fingerprint density at radius 2 is 2.24 bits per heavy atom. The van der Waals surface area contributed by atoms with E-state index in [1.54, 1.807) is 19.1 Å². The van der Waals surface area contributed by atoms with E-state index in [4.69, 9.17) is 9.63 Å². The van der Waals surface area contributed by atoms with Crippen molar-refractivity contribution in [1.29, 1.82) is 0 Å². The van der Waals surface area contributed by atoms with E-state index in [9.17, 15) is 14.0 Å². The van der Waals surface area contributed by atoms with Crippen LogP contribution in [0.15, 0.2) is 22.7 Å². The van der Waals surface area contributed by atoms with Crippen LogP contribution in [0.3, 0.4) is 0 Å². The third-order valence-corrected chi connectivity index (χ3v) is 4.31. The highest BCUT2D eigenvalue weighted by atomic mass is 19.1. The molecule has 1 fully saturated rings. The average molecular weight is 347 g/mol. The normalized spacial score (nSPS) is 17.0. The van der Waals surface area contributed by atoms with Crippen molar-refractivity contribution < 1.29 is 23.6 Å². The van der Waals surface area contributed by atoms with Crippen molar-refractivity contribution in [1.82, 2.24) is 15.0 Å². The van der Waals surface area contributed by atoms with Crippen LogP contribution in [-0.4, -0.2) is 44.6 Å². The molecule has 7 nitrogen and oxygen atoms in total. The van der Waals surface area contributed by atoms with Crippen LogP contribution in [0, 0.1) is 12.7 Å². The number of aromatic nitrogens is 2. The standard InChI is InChI=1S/C17H18FN3O4/c1-10-4-5-11(9-12(10)18)16-19-14(25-20-16)6-7-15(22)21-8-2-3-13(21)17(23)24/h4-5,9,13H,2-3,6-8H2,1H3,(H,23,24)/t13-/m0/s1. The summed E-state index contributed by atoms with van der Waals surface area (Å²) < 4.78 is 18.7. The molecule has 1 aliphatic rings. The molecule has 3 rings (SSSR count). The quantitative estimate of drug-likeness (QED) is 0.890. The highest BCUT2D eigenvalue weighted by Crippen LogP contribution is 2.21. The van der Waals surface area contributed by atoms with E-state index in [2.05, 4.69) is 10.1 Å². The zero-order chi connectivity index (χ0) is 18.0. The van der Waals surface area contributed by atoms with Gasteiger partial charge in [0.1, 0.15) is 11.9 Å². The van der Waals surface area contributed by atoms with Crippen LogP contribution in [0.25, 0.3) is 11.4 Å². The van der Waals surface area contributed by atoms with Gasteiger partial charge < -0.3 is 14.5 Å². The Morgan fingerprint density at radius 1 is 1.44 bits per heavy atom. The summed E-state index contributed by atoms with van der Waals surface area (Å²) in [6.45, 7) is 2.11. The second-order valence-corrected chi connectivity index (χ2v) is 6.06. The van der Waals surface area contributed by atoms with Crippen molar-refractivity contribution in [2.75, 3.05) is 6.54 Å². The minimum atomic E-state index is -0.979. The van der Waals surface area contributed by atoms with Crippen LogP contribution in [-0.2, 0) is 16.0 Å². The zero-order valence-corrected chi connectivity index (χ0v) is 13.7. The number of carbonyl (C=O) groups is 2. The second-order valence-electron chi connectivity index (χ2n) is 6.06. The molecule has 1 amide bonds. The number of rotatable bonds is 5. The number of carbonyl (C=O) groups excluding carboxylic acids is 1. The summed E-state index contributed by atoms with van der Waals surface area (Å²) in [4.78, 5) is 28.9. The Bertz CT molecular complexity index is 805. The highest BCUT2D eigenvalue weighted by molar-refractivity contribution is 5.84. The van der Waals surface area contributed by atoms with Crippen molar-refractivity contribution in [3.8, 4) is 11.4 Å². The van der Waals surface area contributed by atoms with Gasteiger partial charge in [-0.25, -0.2) is 9.18 Å². The van der Waals surface area contributed by atoms with Gasteiger partial charge in [-0.15, -0.1) is 0 Å². The SMILES string of the molecule is Cc1ccc(-c2noc(CCC(=O)N3CCC[C@H]3C(=O)O)n2)cc1F. The number of halogens is 1. The summed E-state index contributed by atoms with van der Waals surface area (Å²) in [6.07, 6.45) is 1.47. The van der Waals surface area contributed by atoms with Gasteiger partial charge in [0.25, 0.3) is 0 Å². The number of aliphatic carboxylic acids is 1. The number of hydrogen-bond donors (Lipinski definition) is 1. The molecule has 1 saturated heterocycles. The third kappa shape index (κ3) is 3.67. The molecule has 0 unspecified atom stereocenters. The van der Waals surface area contributed by atoms with Gasteiger partial charge in [-0.05, 0) is 31.4 Å². The molecule has 1 aliphatic heterocycles. The van der Waals surface area contributed by atoms with Crippen molar-refractivity contribution in [3.63, 3.8) is 0 Å². The van der Waals surface area contributed by atoms with Crippen LogP contribution >= 0.6 is 0 Å². The van der Waals surface area contributed by atoms with Crippen LogP contribution in [0.5, 0.6) is 0 Å². The van der Waals surface area contributed by atoms with Gasteiger partial charge in [-0.1, -0.05) is 17.3 Å². The Morgan fingerprint density at radius 3 is 2.96 bits per heavy atom. The van der Waals surface area contributed by atoms with E-state index < -0.39 is 12.0 Å². The first-order valence-corrected chi connectivity index (χ1v) is 8.07. The predicted molar refractivity (Wildman–Crippen MR) is 85.1 cm³/mol. The molecule has 0 spiro atoms. The third-order valence-electron chi connectivity index (χ3n) is 4.31. The monoisotopic (exact) mass is 347 g/mol.